The van der Waals surface area contributed by atoms with Crippen molar-refractivity contribution in [2.45, 2.75) is 18.4 Å². The lowest BCUT2D eigenvalue weighted by molar-refractivity contribution is -0.142. The van der Waals surface area contributed by atoms with Gasteiger partial charge in [0.25, 0.3) is 0 Å². The average Bonchev–Trinajstić information content (AvgIpc) is 3.20. The summed E-state index contributed by atoms with van der Waals surface area (Å²) in [4.78, 5) is 15.7. The Hall–Kier alpha value is -1.77. The highest BCUT2D eigenvalue weighted by Gasteiger charge is 2.47. The number of nitrogens with zero attached hydrogens (tertiary/aromatic N) is 3. The Morgan fingerprint density at radius 3 is 3.00 bits per heavy atom. The van der Waals surface area contributed by atoms with Crippen LogP contribution >= 0.6 is 22.9 Å². The topological polar surface area (TPSA) is 86.2 Å². The summed E-state index contributed by atoms with van der Waals surface area (Å²) in [6.45, 7) is 1.34. The number of methoxy groups -OCH3 is 1. The second kappa shape index (κ2) is 6.27. The molecule has 0 bridgehead atoms. The van der Waals surface area contributed by atoms with Gasteiger partial charge in [-0.05, 0) is 12.5 Å². The van der Waals surface area contributed by atoms with Crippen molar-refractivity contribution >= 4 is 34.6 Å². The van der Waals surface area contributed by atoms with Gasteiger partial charge in [-0.15, -0.1) is 10.2 Å². The molecule has 1 N–H and O–H groups in total. The summed E-state index contributed by atoms with van der Waals surface area (Å²) in [5, 5.41) is 13.9. The van der Waals surface area contributed by atoms with E-state index in [-0.39, 0.29) is 23.8 Å². The summed E-state index contributed by atoms with van der Waals surface area (Å²) in [5.74, 6) is -0.165. The van der Waals surface area contributed by atoms with Gasteiger partial charge >= 0.3 is 5.97 Å². The van der Waals surface area contributed by atoms with E-state index in [1.807, 2.05) is 0 Å². The monoisotopic (exact) mass is 366 g/mol. The van der Waals surface area contributed by atoms with Crippen molar-refractivity contribution in [3.63, 3.8) is 0 Å². The molecule has 2 aliphatic rings. The minimum absolute atomic E-state index is 0.0936. The van der Waals surface area contributed by atoms with E-state index < -0.39 is 0 Å². The number of hydrogen-bond donors (Lipinski definition) is 1. The van der Waals surface area contributed by atoms with Crippen LogP contribution in [0.2, 0.25) is 5.15 Å². The van der Waals surface area contributed by atoms with Gasteiger partial charge in [0, 0.05) is 17.8 Å². The lowest BCUT2D eigenvalue weighted by Gasteiger charge is -2.28. The Bertz CT molecular complexity index is 780. The lowest BCUT2D eigenvalue weighted by Crippen LogP contribution is -2.40. The first-order valence-electron chi connectivity index (χ1n) is 7.57. The van der Waals surface area contributed by atoms with Crippen LogP contribution < -0.4 is 5.32 Å². The Kier molecular flexibility index (Phi) is 4.11. The predicted molar refractivity (Wildman–Crippen MR) is 89.2 cm³/mol. The molecule has 7 nitrogen and oxygen atoms in total. The molecule has 1 aliphatic heterocycles. The molecule has 0 unspecified atom stereocenters. The Labute approximate surface area is 147 Å². The largest absolute Gasteiger partial charge is 0.469 e. The predicted octanol–water partition coefficient (Wildman–Crippen LogP) is 2.34. The van der Waals surface area contributed by atoms with Gasteiger partial charge in [0.2, 0.25) is 0 Å². The van der Waals surface area contributed by atoms with E-state index >= 15 is 0 Å². The molecule has 2 fully saturated rings. The highest BCUT2D eigenvalue weighted by Crippen LogP contribution is 2.50. The highest BCUT2D eigenvalue weighted by atomic mass is 35.5. The number of ether oxygens (including phenoxy) is 2. The number of carbonyl (C=O) groups excluding carboxylic acids is 1. The van der Waals surface area contributed by atoms with Gasteiger partial charge in [0.15, 0.2) is 5.01 Å². The smallest absolute Gasteiger partial charge is 0.309 e. The number of esters is 1. The molecule has 2 aromatic heterocycles. The van der Waals surface area contributed by atoms with Gasteiger partial charge in [-0.1, -0.05) is 22.9 Å². The van der Waals surface area contributed by atoms with E-state index in [0.29, 0.717) is 18.4 Å². The van der Waals surface area contributed by atoms with Crippen LogP contribution in [0.5, 0.6) is 0 Å². The van der Waals surface area contributed by atoms with Crippen molar-refractivity contribution in [3.8, 4) is 10.6 Å². The average molecular weight is 367 g/mol. The quantitative estimate of drug-likeness (QED) is 0.642. The summed E-state index contributed by atoms with van der Waals surface area (Å²) >= 11 is 7.49. The first-order chi connectivity index (χ1) is 11.7. The van der Waals surface area contributed by atoms with Gasteiger partial charge in [-0.2, -0.15) is 0 Å². The van der Waals surface area contributed by atoms with E-state index in [0.717, 1.165) is 27.7 Å². The van der Waals surface area contributed by atoms with Crippen LogP contribution in [0.3, 0.4) is 0 Å². The molecule has 24 heavy (non-hydrogen) atoms. The van der Waals surface area contributed by atoms with Crippen molar-refractivity contribution in [1.82, 2.24) is 15.2 Å². The third kappa shape index (κ3) is 2.97. The molecule has 0 spiro atoms. The van der Waals surface area contributed by atoms with Crippen LogP contribution in [0, 0.1) is 5.92 Å². The molecule has 126 valence electrons. The number of hydrogen-bond acceptors (Lipinski definition) is 8. The summed E-state index contributed by atoms with van der Waals surface area (Å²) < 4.78 is 9.97. The number of aromatic nitrogens is 3. The molecular weight excluding hydrogens is 352 g/mol. The van der Waals surface area contributed by atoms with Crippen LogP contribution in [-0.4, -0.2) is 47.5 Å². The summed E-state index contributed by atoms with van der Waals surface area (Å²) in [6.07, 6.45) is 2.46. The van der Waals surface area contributed by atoms with Crippen LogP contribution in [0.1, 0.15) is 17.3 Å². The summed E-state index contributed by atoms with van der Waals surface area (Å²) in [6, 6.07) is 2.05. The number of halogens is 1. The first kappa shape index (κ1) is 15.7. The van der Waals surface area contributed by atoms with Crippen molar-refractivity contribution in [2.75, 3.05) is 25.6 Å². The zero-order valence-corrected chi connectivity index (χ0v) is 14.4. The fraction of sp³-hybridized carbons (Fsp3) is 0.467. The lowest BCUT2D eigenvalue weighted by atomic mass is 10.2. The molecule has 1 saturated carbocycles. The van der Waals surface area contributed by atoms with E-state index in [1.54, 1.807) is 12.3 Å². The van der Waals surface area contributed by atoms with Crippen molar-refractivity contribution < 1.29 is 14.3 Å². The standard InChI is InChI=1S/C15H15ClN4O3S/c1-22-15(21)9-2-8(9)13-19-20-14(24-13)10-4-17-12(16)3-11(10)18-7-5-23-6-7/h3-4,7-9H,2,5-6H2,1H3,(H,17,18)/t8-,9-/m1/s1. The second-order valence-corrected chi connectivity index (χ2v) is 7.24. The molecule has 4 rings (SSSR count). The Morgan fingerprint density at radius 2 is 2.29 bits per heavy atom. The van der Waals surface area contributed by atoms with Gasteiger partial charge in [0.05, 0.1) is 37.8 Å². The third-order valence-corrected chi connectivity index (χ3v) is 5.45. The molecule has 0 amide bonds. The molecular formula is C15H15ClN4O3S. The molecule has 0 radical (unpaired) electrons. The molecule has 2 atom stereocenters. The first-order valence-corrected chi connectivity index (χ1v) is 8.76. The van der Waals surface area contributed by atoms with Crippen molar-refractivity contribution in [3.05, 3.63) is 22.4 Å². The molecule has 1 saturated heterocycles. The molecule has 0 aromatic carbocycles. The summed E-state index contributed by atoms with van der Waals surface area (Å²) in [5.41, 5.74) is 1.72. The molecule has 3 heterocycles. The van der Waals surface area contributed by atoms with E-state index in [1.165, 1.54) is 18.4 Å². The SMILES string of the molecule is COC(=O)[C@@H]1C[C@H]1c1nnc(-c2cnc(Cl)cc2NC2COC2)s1. The second-order valence-electron chi connectivity index (χ2n) is 5.85. The van der Waals surface area contributed by atoms with E-state index in [4.69, 9.17) is 21.1 Å². The summed E-state index contributed by atoms with van der Waals surface area (Å²) in [7, 11) is 1.41. The maximum absolute atomic E-state index is 11.6. The number of pyridine rings is 1. The number of rotatable bonds is 5. The van der Waals surface area contributed by atoms with Crippen LogP contribution in [0.15, 0.2) is 12.3 Å². The minimum atomic E-state index is -0.183. The third-order valence-electron chi connectivity index (χ3n) is 4.15. The highest BCUT2D eigenvalue weighted by molar-refractivity contribution is 7.14. The fourth-order valence-electron chi connectivity index (χ4n) is 2.63. The van der Waals surface area contributed by atoms with Crippen molar-refractivity contribution in [1.29, 1.82) is 0 Å². The van der Waals surface area contributed by atoms with Gasteiger partial charge in [-0.25, -0.2) is 4.98 Å². The minimum Gasteiger partial charge on any atom is -0.469 e. The Balaban J connectivity index is 1.57. The van der Waals surface area contributed by atoms with E-state index in [2.05, 4.69) is 20.5 Å². The van der Waals surface area contributed by atoms with Gasteiger partial charge in [-0.3, -0.25) is 4.79 Å². The van der Waals surface area contributed by atoms with Gasteiger partial charge in [0.1, 0.15) is 10.2 Å². The van der Waals surface area contributed by atoms with Crippen LogP contribution in [0.25, 0.3) is 10.6 Å². The molecule has 1 aliphatic carbocycles. The van der Waals surface area contributed by atoms with Crippen LogP contribution in [0.4, 0.5) is 5.69 Å². The normalized spacial score (nSPS) is 22.8. The Morgan fingerprint density at radius 1 is 1.46 bits per heavy atom. The maximum atomic E-state index is 11.6. The number of anilines is 1. The van der Waals surface area contributed by atoms with E-state index in [9.17, 15) is 4.79 Å². The van der Waals surface area contributed by atoms with Gasteiger partial charge < -0.3 is 14.8 Å². The zero-order chi connectivity index (χ0) is 16.7. The molecule has 2 aromatic rings. The number of nitrogens with one attached hydrogen (secondary N) is 1. The maximum Gasteiger partial charge on any atom is 0.309 e. The number of carbonyl (C=O) groups is 1. The molecule has 9 heteroatoms. The zero-order valence-electron chi connectivity index (χ0n) is 12.9. The fourth-order valence-corrected chi connectivity index (χ4v) is 3.84. The van der Waals surface area contributed by atoms with Crippen LogP contribution in [-0.2, 0) is 14.3 Å². The van der Waals surface area contributed by atoms with Crippen molar-refractivity contribution in [2.24, 2.45) is 5.92 Å².